The zero-order valence-electron chi connectivity index (χ0n) is 22.1. The van der Waals surface area contributed by atoms with Crippen LogP contribution in [-0.2, 0) is 6.42 Å². The molecule has 0 nitrogen and oxygen atoms in total. The van der Waals surface area contributed by atoms with Crippen molar-refractivity contribution in [2.24, 2.45) is 0 Å². The number of hydrogen-bond donors (Lipinski definition) is 0. The molecule has 0 bridgehead atoms. The maximum atomic E-state index is 2.33. The van der Waals surface area contributed by atoms with E-state index >= 15 is 0 Å². The average molecular weight is 475 g/mol. The molecular weight excluding hydrogens is 432 g/mol. The molecule has 0 N–H and O–H groups in total. The summed E-state index contributed by atoms with van der Waals surface area (Å²) in [4.78, 5) is 0. The minimum Gasteiger partial charge on any atom is -0.0654 e. The van der Waals surface area contributed by atoms with Crippen LogP contribution in [0.5, 0.6) is 0 Å². The molecule has 0 aliphatic carbocycles. The van der Waals surface area contributed by atoms with Crippen molar-refractivity contribution >= 4 is 0 Å². The van der Waals surface area contributed by atoms with Crippen LogP contribution in [0.25, 0.3) is 33.4 Å². The van der Waals surface area contributed by atoms with Gasteiger partial charge >= 0.3 is 0 Å². The molecular formula is C36H42. The van der Waals surface area contributed by atoms with Gasteiger partial charge in [0.1, 0.15) is 0 Å². The van der Waals surface area contributed by atoms with Gasteiger partial charge in [0.15, 0.2) is 0 Å². The molecule has 0 aliphatic rings. The second-order valence-electron chi connectivity index (χ2n) is 10.2. The van der Waals surface area contributed by atoms with E-state index in [2.05, 4.69) is 110 Å². The van der Waals surface area contributed by atoms with Crippen molar-refractivity contribution in [2.45, 2.75) is 77.6 Å². The Kier molecular flexibility index (Phi) is 10.4. The van der Waals surface area contributed by atoms with E-state index in [1.807, 2.05) is 0 Å². The SMILES string of the molecule is CCCCCCCCCCCCc1ccc(-c2cc(-c3ccccc3)cc(-c3ccccc3)c2)cc1. The molecule has 0 aliphatic heterocycles. The molecule has 0 heteroatoms. The number of unbranched alkanes of at least 4 members (excludes halogenated alkanes) is 9. The van der Waals surface area contributed by atoms with Crippen LogP contribution in [0, 0.1) is 0 Å². The van der Waals surface area contributed by atoms with Crippen LogP contribution >= 0.6 is 0 Å². The van der Waals surface area contributed by atoms with E-state index in [0.29, 0.717) is 0 Å². The van der Waals surface area contributed by atoms with E-state index in [4.69, 9.17) is 0 Å². The first kappa shape index (κ1) is 26.0. The smallest absolute Gasteiger partial charge is 0.0172 e. The van der Waals surface area contributed by atoms with Gasteiger partial charge in [-0.3, -0.25) is 0 Å². The maximum Gasteiger partial charge on any atom is -0.0172 e. The lowest BCUT2D eigenvalue weighted by Crippen LogP contribution is -1.89. The van der Waals surface area contributed by atoms with Crippen molar-refractivity contribution in [3.63, 3.8) is 0 Å². The predicted octanol–water partition coefficient (Wildman–Crippen LogP) is 11.2. The largest absolute Gasteiger partial charge is 0.0654 e. The molecule has 4 rings (SSSR count). The molecule has 0 radical (unpaired) electrons. The van der Waals surface area contributed by atoms with Crippen molar-refractivity contribution in [3.8, 4) is 33.4 Å². The third-order valence-corrected chi connectivity index (χ3v) is 7.25. The monoisotopic (exact) mass is 474 g/mol. The molecule has 36 heavy (non-hydrogen) atoms. The summed E-state index contributed by atoms with van der Waals surface area (Å²) >= 11 is 0. The average Bonchev–Trinajstić information content (AvgIpc) is 2.95. The Morgan fingerprint density at radius 3 is 1.19 bits per heavy atom. The summed E-state index contributed by atoms with van der Waals surface area (Å²) < 4.78 is 0. The van der Waals surface area contributed by atoms with E-state index in [9.17, 15) is 0 Å². The van der Waals surface area contributed by atoms with Crippen LogP contribution in [0.1, 0.15) is 76.7 Å². The van der Waals surface area contributed by atoms with Crippen molar-refractivity contribution < 1.29 is 0 Å². The normalized spacial score (nSPS) is 11.0. The van der Waals surface area contributed by atoms with E-state index in [-0.39, 0.29) is 0 Å². The van der Waals surface area contributed by atoms with Gasteiger partial charge in [0.05, 0.1) is 0 Å². The third-order valence-electron chi connectivity index (χ3n) is 7.25. The Morgan fingerprint density at radius 2 is 0.750 bits per heavy atom. The Balaban J connectivity index is 1.37. The second kappa shape index (κ2) is 14.4. The highest BCUT2D eigenvalue weighted by Crippen LogP contribution is 2.33. The second-order valence-corrected chi connectivity index (χ2v) is 10.2. The van der Waals surface area contributed by atoms with Gasteiger partial charge in [0.2, 0.25) is 0 Å². The van der Waals surface area contributed by atoms with Crippen molar-refractivity contribution in [1.29, 1.82) is 0 Å². The molecule has 0 atom stereocenters. The van der Waals surface area contributed by atoms with Gasteiger partial charge in [0.25, 0.3) is 0 Å². The first-order valence-corrected chi connectivity index (χ1v) is 14.2. The first-order chi connectivity index (χ1) is 17.8. The van der Waals surface area contributed by atoms with Crippen LogP contribution in [0.3, 0.4) is 0 Å². The van der Waals surface area contributed by atoms with E-state index < -0.39 is 0 Å². The maximum absolute atomic E-state index is 2.33. The van der Waals surface area contributed by atoms with Gasteiger partial charge < -0.3 is 0 Å². The lowest BCUT2D eigenvalue weighted by molar-refractivity contribution is 0.556. The van der Waals surface area contributed by atoms with Crippen molar-refractivity contribution in [2.75, 3.05) is 0 Å². The highest BCUT2D eigenvalue weighted by atomic mass is 14.1. The summed E-state index contributed by atoms with van der Waals surface area (Å²) in [6.07, 6.45) is 15.1. The Bertz CT molecular complexity index is 1080. The number of aryl methyl sites for hydroxylation is 1. The quantitative estimate of drug-likeness (QED) is 0.159. The fourth-order valence-corrected chi connectivity index (χ4v) is 5.07. The van der Waals surface area contributed by atoms with Crippen LogP contribution in [0.4, 0.5) is 0 Å². The molecule has 0 saturated heterocycles. The highest BCUT2D eigenvalue weighted by Gasteiger charge is 2.07. The molecule has 0 fully saturated rings. The molecule has 186 valence electrons. The Hall–Kier alpha value is -3.12. The molecule has 0 aromatic heterocycles. The van der Waals surface area contributed by atoms with E-state index in [1.165, 1.54) is 110 Å². The number of hydrogen-bond acceptors (Lipinski definition) is 0. The minimum atomic E-state index is 1.19. The molecule has 4 aromatic rings. The van der Waals surface area contributed by atoms with Crippen LogP contribution in [0.2, 0.25) is 0 Å². The Labute approximate surface area is 219 Å². The molecule has 4 aromatic carbocycles. The molecule has 0 spiro atoms. The minimum absolute atomic E-state index is 1.19. The molecule has 0 unspecified atom stereocenters. The third kappa shape index (κ3) is 7.95. The van der Waals surface area contributed by atoms with Gasteiger partial charge in [0, 0.05) is 0 Å². The van der Waals surface area contributed by atoms with E-state index in [1.54, 1.807) is 0 Å². The first-order valence-electron chi connectivity index (χ1n) is 14.2. The summed E-state index contributed by atoms with van der Waals surface area (Å²) in [5.74, 6) is 0. The topological polar surface area (TPSA) is 0 Å². The number of rotatable bonds is 14. The van der Waals surface area contributed by atoms with Gasteiger partial charge in [-0.15, -0.1) is 0 Å². The Morgan fingerprint density at radius 1 is 0.361 bits per heavy atom. The summed E-state index contributed by atoms with van der Waals surface area (Å²) in [6, 6.07) is 37.7. The fourth-order valence-electron chi connectivity index (χ4n) is 5.07. The van der Waals surface area contributed by atoms with Gasteiger partial charge in [-0.05, 0) is 70.0 Å². The zero-order valence-corrected chi connectivity index (χ0v) is 22.1. The van der Waals surface area contributed by atoms with Crippen LogP contribution in [0.15, 0.2) is 103 Å². The molecule has 0 heterocycles. The highest BCUT2D eigenvalue weighted by molar-refractivity contribution is 5.81. The standard InChI is InChI=1S/C36H42/c1-2-3-4-5-6-7-8-9-10-13-18-30-23-25-33(26-24-30)36-28-34(31-19-14-11-15-20-31)27-35(29-36)32-21-16-12-17-22-32/h11-12,14-17,19-29H,2-10,13,18H2,1H3. The van der Waals surface area contributed by atoms with Crippen molar-refractivity contribution in [1.82, 2.24) is 0 Å². The zero-order chi connectivity index (χ0) is 24.8. The van der Waals surface area contributed by atoms with Gasteiger partial charge in [-0.25, -0.2) is 0 Å². The van der Waals surface area contributed by atoms with Crippen LogP contribution in [-0.4, -0.2) is 0 Å². The van der Waals surface area contributed by atoms with Crippen molar-refractivity contribution in [3.05, 3.63) is 109 Å². The van der Waals surface area contributed by atoms with Gasteiger partial charge in [-0.1, -0.05) is 150 Å². The summed E-state index contributed by atoms with van der Waals surface area (Å²) in [5, 5.41) is 0. The summed E-state index contributed by atoms with van der Waals surface area (Å²) in [6.45, 7) is 2.29. The lowest BCUT2D eigenvalue weighted by Gasteiger charge is -2.12. The van der Waals surface area contributed by atoms with E-state index in [0.717, 1.165) is 0 Å². The fraction of sp³-hybridized carbons (Fsp3) is 0.333. The summed E-state index contributed by atoms with van der Waals surface area (Å²) in [7, 11) is 0. The van der Waals surface area contributed by atoms with Gasteiger partial charge in [-0.2, -0.15) is 0 Å². The molecule has 0 amide bonds. The predicted molar refractivity (Wildman–Crippen MR) is 158 cm³/mol. The lowest BCUT2D eigenvalue weighted by atomic mass is 9.93. The number of benzene rings is 4. The molecule has 0 saturated carbocycles. The summed E-state index contributed by atoms with van der Waals surface area (Å²) in [5.41, 5.74) is 9.07. The van der Waals surface area contributed by atoms with Crippen LogP contribution < -0.4 is 0 Å².